The fourth-order valence-corrected chi connectivity index (χ4v) is 12.1. The van der Waals surface area contributed by atoms with E-state index < -0.39 is 97.5 Å². The molecule has 0 spiro atoms. The number of hydrogen-bond donors (Lipinski definition) is 3. The Kier molecular flexibility index (Phi) is 59.6. The number of aliphatic hydroxyl groups is 1. The average molecular weight is 1310 g/mol. The second kappa shape index (κ2) is 61.0. The van der Waals surface area contributed by atoms with Crippen LogP contribution in [0.4, 0.5) is 0 Å². The predicted octanol–water partition coefficient (Wildman–Crippen LogP) is 19.8. The molecular weight excluding hydrogens is 1170 g/mol. The van der Waals surface area contributed by atoms with E-state index >= 15 is 0 Å². The molecule has 0 heterocycles. The molecule has 528 valence electrons. The first-order valence-corrected chi connectivity index (χ1v) is 39.4. The average Bonchev–Trinajstić information content (AvgIpc) is 3.72. The molecular formula is C70H136O17P2. The van der Waals surface area contributed by atoms with Gasteiger partial charge in [0.1, 0.15) is 19.3 Å². The topological polar surface area (TPSA) is 237 Å². The Morgan fingerprint density at radius 3 is 0.854 bits per heavy atom. The van der Waals surface area contributed by atoms with Gasteiger partial charge in [0.15, 0.2) is 12.2 Å². The molecule has 0 radical (unpaired) electrons. The number of hydrogen-bond acceptors (Lipinski definition) is 15. The van der Waals surface area contributed by atoms with Crippen molar-refractivity contribution in [1.82, 2.24) is 0 Å². The highest BCUT2D eigenvalue weighted by Gasteiger charge is 2.30. The van der Waals surface area contributed by atoms with E-state index in [1.165, 1.54) is 154 Å². The summed E-state index contributed by atoms with van der Waals surface area (Å²) in [5.41, 5.74) is 0. The molecule has 0 saturated carbocycles. The number of carbonyl (C=O) groups excluding carboxylic acids is 4. The van der Waals surface area contributed by atoms with Crippen LogP contribution in [0.3, 0.4) is 0 Å². The maximum absolute atomic E-state index is 13.0. The smallest absolute Gasteiger partial charge is 0.462 e. The van der Waals surface area contributed by atoms with Crippen LogP contribution in [0.1, 0.15) is 350 Å². The van der Waals surface area contributed by atoms with Crippen LogP contribution in [0.2, 0.25) is 0 Å². The third-order valence-corrected chi connectivity index (χ3v) is 18.8. The van der Waals surface area contributed by atoms with Crippen molar-refractivity contribution in [2.24, 2.45) is 17.8 Å². The van der Waals surface area contributed by atoms with E-state index in [4.69, 9.17) is 37.0 Å². The quantitative estimate of drug-likeness (QED) is 0.0222. The summed E-state index contributed by atoms with van der Waals surface area (Å²) < 4.78 is 68.3. The second-order valence-corrected chi connectivity index (χ2v) is 29.1. The van der Waals surface area contributed by atoms with Gasteiger partial charge in [-0.1, -0.05) is 299 Å². The van der Waals surface area contributed by atoms with Gasteiger partial charge in [-0.25, -0.2) is 9.13 Å². The van der Waals surface area contributed by atoms with Gasteiger partial charge in [-0.2, -0.15) is 0 Å². The van der Waals surface area contributed by atoms with Gasteiger partial charge in [-0.05, 0) is 43.4 Å². The van der Waals surface area contributed by atoms with Gasteiger partial charge in [0.05, 0.1) is 26.4 Å². The molecule has 0 fully saturated rings. The van der Waals surface area contributed by atoms with Gasteiger partial charge in [0, 0.05) is 25.7 Å². The van der Waals surface area contributed by atoms with Gasteiger partial charge in [-0.3, -0.25) is 37.3 Å². The standard InChI is InChI=1S/C70H136O17P2/c1-8-11-12-13-14-15-16-17-18-19-20-25-30-39-46-53-69(74)86-65(57-80-67(72)51-44-37-29-24-22-21-23-28-35-42-49-62(6)9-2)59-84-88(76,77)82-55-64(71)56-83-89(78,79)85-60-66(87-70(75)54-47-40-31-26-27-34-41-48-61(4)5)58-81-68(73)52-45-38-33-32-36-43-50-63(7)10-3/h61-66,71H,8-60H2,1-7H3,(H,76,77)(H,78,79)/t62?,63?,64-,65-,66-/m1/s1. The number of unbranched alkanes of at least 4 members (excludes halogenated alkanes) is 34. The second-order valence-electron chi connectivity index (χ2n) is 26.2. The van der Waals surface area contributed by atoms with E-state index in [0.717, 1.165) is 108 Å². The number of aliphatic hydroxyl groups excluding tert-OH is 1. The largest absolute Gasteiger partial charge is 0.472 e. The summed E-state index contributed by atoms with van der Waals surface area (Å²) in [6.45, 7) is 11.8. The minimum absolute atomic E-state index is 0.102. The molecule has 0 aliphatic carbocycles. The first kappa shape index (κ1) is 87.1. The van der Waals surface area contributed by atoms with Crippen molar-refractivity contribution in [3.8, 4) is 0 Å². The monoisotopic (exact) mass is 1310 g/mol. The SMILES string of the molecule is CCCCCCCCCCCCCCCCCC(=O)O[C@H](COC(=O)CCCCCCCCCCCCC(C)CC)COP(=O)(O)OC[C@@H](O)COP(=O)(O)OC[C@@H](COC(=O)CCCCCCCCC(C)CC)OC(=O)CCCCCCCCCC(C)C. The first-order valence-electron chi connectivity index (χ1n) is 36.4. The Labute approximate surface area is 543 Å². The number of phosphoric acid groups is 2. The van der Waals surface area contributed by atoms with E-state index in [0.29, 0.717) is 31.6 Å². The molecule has 7 atom stereocenters. The molecule has 0 rings (SSSR count). The van der Waals surface area contributed by atoms with Crippen molar-refractivity contribution in [2.75, 3.05) is 39.6 Å². The van der Waals surface area contributed by atoms with Crippen LogP contribution in [0.5, 0.6) is 0 Å². The van der Waals surface area contributed by atoms with Crippen LogP contribution in [0.15, 0.2) is 0 Å². The van der Waals surface area contributed by atoms with Crippen molar-refractivity contribution >= 4 is 39.5 Å². The minimum Gasteiger partial charge on any atom is -0.462 e. The number of carbonyl (C=O) groups is 4. The van der Waals surface area contributed by atoms with Gasteiger partial charge in [0.25, 0.3) is 0 Å². The maximum Gasteiger partial charge on any atom is 0.472 e. The third kappa shape index (κ3) is 62.0. The van der Waals surface area contributed by atoms with Crippen molar-refractivity contribution in [1.29, 1.82) is 0 Å². The lowest BCUT2D eigenvalue weighted by molar-refractivity contribution is -0.161. The van der Waals surface area contributed by atoms with Crippen LogP contribution in [-0.4, -0.2) is 96.7 Å². The predicted molar refractivity (Wildman–Crippen MR) is 358 cm³/mol. The van der Waals surface area contributed by atoms with E-state index in [2.05, 4.69) is 48.5 Å². The Hall–Kier alpha value is -1.94. The van der Waals surface area contributed by atoms with E-state index in [-0.39, 0.29) is 25.7 Å². The van der Waals surface area contributed by atoms with Gasteiger partial charge >= 0.3 is 39.5 Å². The Morgan fingerprint density at radius 1 is 0.326 bits per heavy atom. The zero-order valence-electron chi connectivity index (χ0n) is 57.9. The van der Waals surface area contributed by atoms with Gasteiger partial charge < -0.3 is 33.8 Å². The molecule has 0 aliphatic heterocycles. The number of rotatable bonds is 68. The maximum atomic E-state index is 13.0. The molecule has 0 aromatic carbocycles. The number of phosphoric ester groups is 2. The molecule has 89 heavy (non-hydrogen) atoms. The fourth-order valence-electron chi connectivity index (χ4n) is 10.5. The highest BCUT2D eigenvalue weighted by molar-refractivity contribution is 7.47. The van der Waals surface area contributed by atoms with E-state index in [1.807, 2.05) is 0 Å². The highest BCUT2D eigenvalue weighted by atomic mass is 31.2. The van der Waals surface area contributed by atoms with Crippen LogP contribution in [-0.2, 0) is 65.4 Å². The molecule has 17 nitrogen and oxygen atoms in total. The van der Waals surface area contributed by atoms with Crippen LogP contribution in [0, 0.1) is 17.8 Å². The van der Waals surface area contributed by atoms with Crippen molar-refractivity contribution in [3.05, 3.63) is 0 Å². The Bertz CT molecular complexity index is 1750. The highest BCUT2D eigenvalue weighted by Crippen LogP contribution is 2.45. The van der Waals surface area contributed by atoms with Gasteiger partial charge in [-0.15, -0.1) is 0 Å². The lowest BCUT2D eigenvalue weighted by atomic mass is 9.99. The number of esters is 4. The molecule has 0 aliphatic rings. The summed E-state index contributed by atoms with van der Waals surface area (Å²) in [5, 5.41) is 10.6. The zero-order chi connectivity index (χ0) is 65.9. The van der Waals surface area contributed by atoms with E-state index in [1.54, 1.807) is 0 Å². The summed E-state index contributed by atoms with van der Waals surface area (Å²) in [6.07, 6.45) is 44.4. The minimum atomic E-state index is -4.95. The number of ether oxygens (including phenoxy) is 4. The summed E-state index contributed by atoms with van der Waals surface area (Å²) >= 11 is 0. The summed E-state index contributed by atoms with van der Waals surface area (Å²) in [4.78, 5) is 72.5. The molecule has 0 aromatic heterocycles. The molecule has 0 saturated heterocycles. The summed E-state index contributed by atoms with van der Waals surface area (Å²) in [5.74, 6) is 0.108. The first-order chi connectivity index (χ1) is 42.8. The Balaban J connectivity index is 5.25. The normalized spacial score (nSPS) is 14.8. The molecule has 0 bridgehead atoms. The van der Waals surface area contributed by atoms with Crippen molar-refractivity contribution in [2.45, 2.75) is 369 Å². The molecule has 19 heteroatoms. The van der Waals surface area contributed by atoms with E-state index in [9.17, 15) is 43.2 Å². The molecule has 3 N–H and O–H groups in total. The Morgan fingerprint density at radius 2 is 0.573 bits per heavy atom. The van der Waals surface area contributed by atoms with Crippen LogP contribution < -0.4 is 0 Å². The summed E-state index contributed by atoms with van der Waals surface area (Å²) in [6, 6.07) is 0. The lowest BCUT2D eigenvalue weighted by Crippen LogP contribution is -2.30. The van der Waals surface area contributed by atoms with Crippen molar-refractivity contribution < 1.29 is 80.2 Å². The molecule has 0 amide bonds. The summed E-state index contributed by atoms with van der Waals surface area (Å²) in [7, 11) is -9.90. The lowest BCUT2D eigenvalue weighted by Gasteiger charge is -2.21. The van der Waals surface area contributed by atoms with Gasteiger partial charge in [0.2, 0.25) is 0 Å². The van der Waals surface area contributed by atoms with Crippen LogP contribution >= 0.6 is 15.6 Å². The zero-order valence-corrected chi connectivity index (χ0v) is 59.7. The molecule has 0 aromatic rings. The van der Waals surface area contributed by atoms with Crippen LogP contribution in [0.25, 0.3) is 0 Å². The van der Waals surface area contributed by atoms with Crippen molar-refractivity contribution in [3.63, 3.8) is 0 Å². The fraction of sp³-hybridized carbons (Fsp3) is 0.943. The third-order valence-electron chi connectivity index (χ3n) is 16.9. The molecule has 4 unspecified atom stereocenters.